The summed E-state index contributed by atoms with van der Waals surface area (Å²) >= 11 is 0. The molecule has 186 valence electrons. The molecule has 1 N–H and O–H groups in total. The minimum absolute atomic E-state index is 0.575. The number of H-pyrrole nitrogens is 1. The van der Waals surface area contributed by atoms with Crippen molar-refractivity contribution in [2.24, 2.45) is 11.8 Å². The quantitative estimate of drug-likeness (QED) is 0.244. The third kappa shape index (κ3) is 7.25. The van der Waals surface area contributed by atoms with E-state index in [9.17, 15) is 0 Å². The molecule has 0 aliphatic heterocycles. The highest BCUT2D eigenvalue weighted by atomic mass is 16.5. The van der Waals surface area contributed by atoms with E-state index < -0.39 is 0 Å². The van der Waals surface area contributed by atoms with Crippen LogP contribution in [0.2, 0.25) is 0 Å². The van der Waals surface area contributed by atoms with E-state index >= 15 is 0 Å². The topological polar surface area (TPSA) is 47.1 Å². The zero-order valence-corrected chi connectivity index (χ0v) is 22.0. The van der Waals surface area contributed by atoms with Crippen LogP contribution in [-0.2, 0) is 0 Å². The zero-order valence-electron chi connectivity index (χ0n) is 22.0. The van der Waals surface area contributed by atoms with Crippen LogP contribution in [0.15, 0.2) is 36.4 Å². The Kier molecular flexibility index (Phi) is 10.3. The Bertz CT molecular complexity index is 1010. The number of ether oxygens (including phenoxy) is 2. The fourth-order valence-corrected chi connectivity index (χ4v) is 4.37. The van der Waals surface area contributed by atoms with Crippen LogP contribution in [0.5, 0.6) is 11.5 Å². The lowest BCUT2D eigenvalue weighted by atomic mass is 10.0. The van der Waals surface area contributed by atoms with Crippen LogP contribution in [-0.4, -0.2) is 23.2 Å². The molecule has 0 saturated heterocycles. The van der Waals surface area contributed by atoms with E-state index in [0.29, 0.717) is 11.8 Å². The van der Waals surface area contributed by atoms with Gasteiger partial charge in [-0.05, 0) is 67.5 Å². The first-order chi connectivity index (χ1) is 16.6. The highest BCUT2D eigenvalue weighted by molar-refractivity contribution is 5.81. The van der Waals surface area contributed by atoms with Gasteiger partial charge >= 0.3 is 0 Å². The second-order valence-electron chi connectivity index (χ2n) is 9.72. The molecule has 2 atom stereocenters. The van der Waals surface area contributed by atoms with Gasteiger partial charge in [-0.3, -0.25) is 0 Å². The molecule has 0 radical (unpaired) electrons. The Hall–Kier alpha value is -2.49. The number of rotatable bonds is 15. The molecule has 0 amide bonds. The number of imidazole rings is 1. The van der Waals surface area contributed by atoms with Crippen molar-refractivity contribution in [2.45, 2.75) is 86.0 Å². The summed E-state index contributed by atoms with van der Waals surface area (Å²) in [5.41, 5.74) is 4.20. The molecule has 4 nitrogen and oxygen atoms in total. The van der Waals surface area contributed by atoms with Gasteiger partial charge < -0.3 is 14.5 Å². The van der Waals surface area contributed by atoms with Crippen molar-refractivity contribution >= 4 is 11.0 Å². The van der Waals surface area contributed by atoms with E-state index in [2.05, 4.69) is 69.9 Å². The Labute approximate surface area is 206 Å². The van der Waals surface area contributed by atoms with Gasteiger partial charge in [0.05, 0.1) is 29.8 Å². The number of aromatic nitrogens is 2. The van der Waals surface area contributed by atoms with Gasteiger partial charge in [-0.25, -0.2) is 4.98 Å². The van der Waals surface area contributed by atoms with Gasteiger partial charge in [-0.1, -0.05) is 72.3 Å². The number of nitrogens with one attached hydrogen (secondary N) is 1. The fourth-order valence-electron chi connectivity index (χ4n) is 4.37. The highest BCUT2D eigenvalue weighted by Crippen LogP contribution is 2.34. The Morgan fingerprint density at radius 3 is 2.15 bits per heavy atom. The lowest BCUT2D eigenvalue weighted by molar-refractivity contribution is 0.228. The third-order valence-electron chi connectivity index (χ3n) is 6.89. The summed E-state index contributed by atoms with van der Waals surface area (Å²) in [4.78, 5) is 8.40. The average molecular weight is 465 g/mol. The molecule has 0 spiro atoms. The molecule has 1 aromatic heterocycles. The lowest BCUT2D eigenvalue weighted by Crippen LogP contribution is -2.13. The van der Waals surface area contributed by atoms with Crippen LogP contribution in [0.3, 0.4) is 0 Å². The molecule has 34 heavy (non-hydrogen) atoms. The van der Waals surface area contributed by atoms with Gasteiger partial charge in [0.2, 0.25) is 0 Å². The minimum Gasteiger partial charge on any atom is -0.493 e. The first-order valence-electron chi connectivity index (χ1n) is 13.4. The van der Waals surface area contributed by atoms with Crippen molar-refractivity contribution in [3.05, 3.63) is 42.0 Å². The summed E-state index contributed by atoms with van der Waals surface area (Å²) in [6, 6.07) is 12.5. The number of benzene rings is 2. The molecule has 0 aliphatic carbocycles. The second-order valence-corrected chi connectivity index (χ2v) is 9.72. The summed E-state index contributed by atoms with van der Waals surface area (Å²) in [5.74, 6) is 3.76. The molecular formula is C30H44N2O2. The Morgan fingerprint density at radius 2 is 1.50 bits per heavy atom. The predicted molar refractivity (Wildman–Crippen MR) is 144 cm³/mol. The van der Waals surface area contributed by atoms with E-state index in [1.807, 2.05) is 6.07 Å². The average Bonchev–Trinajstić information content (AvgIpc) is 3.27. The molecule has 0 fully saturated rings. The van der Waals surface area contributed by atoms with Crippen molar-refractivity contribution in [2.75, 3.05) is 13.2 Å². The first-order valence-corrected chi connectivity index (χ1v) is 13.4. The molecular weight excluding hydrogens is 420 g/mol. The van der Waals surface area contributed by atoms with Crippen molar-refractivity contribution in [1.82, 2.24) is 9.97 Å². The Morgan fingerprint density at radius 1 is 0.824 bits per heavy atom. The predicted octanol–water partition coefficient (Wildman–Crippen LogP) is 8.73. The largest absolute Gasteiger partial charge is 0.493 e. The SMILES string of the molecule is CCCCC(CC)COc1ccc(OCC(CC)CCCC)c(-c2nc3cc(C)ccc3[nH]2)c1. The van der Waals surface area contributed by atoms with E-state index in [4.69, 9.17) is 14.5 Å². The maximum absolute atomic E-state index is 6.40. The van der Waals surface area contributed by atoms with Crippen molar-refractivity contribution in [3.8, 4) is 22.9 Å². The number of aryl methyl sites for hydroxylation is 1. The molecule has 4 heteroatoms. The normalized spacial score (nSPS) is 13.2. The number of unbranched alkanes of at least 4 members (excludes halogenated alkanes) is 2. The van der Waals surface area contributed by atoms with E-state index in [0.717, 1.165) is 60.0 Å². The number of fused-ring (bicyclic) bond motifs is 1. The lowest BCUT2D eigenvalue weighted by Gasteiger charge is -2.19. The van der Waals surface area contributed by atoms with E-state index in [-0.39, 0.29) is 0 Å². The van der Waals surface area contributed by atoms with Crippen LogP contribution in [0.25, 0.3) is 22.4 Å². The standard InChI is InChI=1S/C30H44N2O2/c1-6-10-12-23(8-3)20-33-25-15-17-29(34-21-24(9-4)13-11-7-2)26(19-25)30-31-27-16-14-22(5)18-28(27)32-30/h14-19,23-24H,6-13,20-21H2,1-5H3,(H,31,32). The van der Waals surface area contributed by atoms with Gasteiger partial charge in [0, 0.05) is 0 Å². The number of nitrogens with zero attached hydrogens (tertiary/aromatic N) is 1. The van der Waals surface area contributed by atoms with Crippen molar-refractivity contribution in [1.29, 1.82) is 0 Å². The van der Waals surface area contributed by atoms with Crippen molar-refractivity contribution < 1.29 is 9.47 Å². The molecule has 3 rings (SSSR count). The molecule has 1 heterocycles. The molecule has 0 aliphatic rings. The van der Waals surface area contributed by atoms with Crippen LogP contribution >= 0.6 is 0 Å². The summed E-state index contributed by atoms with van der Waals surface area (Å²) in [6.45, 7) is 12.6. The number of hydrogen-bond acceptors (Lipinski definition) is 3. The molecule has 2 aromatic carbocycles. The van der Waals surface area contributed by atoms with E-state index in [1.54, 1.807) is 0 Å². The smallest absolute Gasteiger partial charge is 0.142 e. The van der Waals surface area contributed by atoms with E-state index in [1.165, 1.54) is 44.1 Å². The number of hydrogen-bond donors (Lipinski definition) is 1. The van der Waals surface area contributed by atoms with Crippen LogP contribution in [0.1, 0.15) is 84.6 Å². The molecule has 3 aromatic rings. The minimum atomic E-state index is 0.575. The van der Waals surface area contributed by atoms with Gasteiger partial charge in [-0.15, -0.1) is 0 Å². The van der Waals surface area contributed by atoms with Crippen LogP contribution in [0.4, 0.5) is 0 Å². The maximum atomic E-state index is 6.40. The molecule has 0 bridgehead atoms. The second kappa shape index (κ2) is 13.4. The summed E-state index contributed by atoms with van der Waals surface area (Å²) < 4.78 is 12.7. The first kappa shape index (κ1) is 26.1. The molecule has 0 saturated carbocycles. The summed E-state index contributed by atoms with van der Waals surface area (Å²) in [7, 11) is 0. The van der Waals surface area contributed by atoms with Gasteiger partial charge in [-0.2, -0.15) is 0 Å². The Balaban J connectivity index is 1.85. The fraction of sp³-hybridized carbons (Fsp3) is 0.567. The highest BCUT2D eigenvalue weighted by Gasteiger charge is 2.16. The van der Waals surface area contributed by atoms with Gasteiger partial charge in [0.1, 0.15) is 17.3 Å². The molecule has 2 unspecified atom stereocenters. The summed E-state index contributed by atoms with van der Waals surface area (Å²) in [6.07, 6.45) is 9.68. The third-order valence-corrected chi connectivity index (χ3v) is 6.89. The van der Waals surface area contributed by atoms with Crippen molar-refractivity contribution in [3.63, 3.8) is 0 Å². The zero-order chi connectivity index (χ0) is 24.3. The monoisotopic (exact) mass is 464 g/mol. The van der Waals surface area contributed by atoms with Crippen LogP contribution in [0, 0.1) is 18.8 Å². The number of aromatic amines is 1. The van der Waals surface area contributed by atoms with Gasteiger partial charge in [0.25, 0.3) is 0 Å². The van der Waals surface area contributed by atoms with Crippen LogP contribution < -0.4 is 9.47 Å². The maximum Gasteiger partial charge on any atom is 0.142 e. The van der Waals surface area contributed by atoms with Gasteiger partial charge in [0.15, 0.2) is 0 Å². The summed E-state index contributed by atoms with van der Waals surface area (Å²) in [5, 5.41) is 0.